The molecule has 1 atom stereocenters. The SMILES string of the molecule is Brc1ccsc1CN1CCCNC(Cc2ccccc2)C1. The van der Waals surface area contributed by atoms with Gasteiger partial charge in [0.1, 0.15) is 0 Å². The average molecular weight is 365 g/mol. The molecule has 0 aliphatic carbocycles. The topological polar surface area (TPSA) is 15.3 Å². The Hall–Kier alpha value is -0.680. The highest BCUT2D eigenvalue weighted by Crippen LogP contribution is 2.24. The minimum atomic E-state index is 0.550. The van der Waals surface area contributed by atoms with E-state index in [4.69, 9.17) is 0 Å². The molecule has 0 spiro atoms. The van der Waals surface area contributed by atoms with Gasteiger partial charge in [-0.1, -0.05) is 30.3 Å². The molecule has 0 bridgehead atoms. The van der Waals surface area contributed by atoms with Gasteiger partial charge in [-0.3, -0.25) is 4.90 Å². The van der Waals surface area contributed by atoms with Crippen LogP contribution in [0.15, 0.2) is 46.3 Å². The summed E-state index contributed by atoms with van der Waals surface area (Å²) in [6.07, 6.45) is 2.34. The van der Waals surface area contributed by atoms with Gasteiger partial charge in [-0.2, -0.15) is 0 Å². The average Bonchev–Trinajstić information content (AvgIpc) is 2.76. The van der Waals surface area contributed by atoms with Crippen molar-refractivity contribution in [1.82, 2.24) is 10.2 Å². The Kier molecular flexibility index (Phi) is 5.47. The molecule has 0 amide bonds. The predicted molar refractivity (Wildman–Crippen MR) is 93.8 cm³/mol. The monoisotopic (exact) mass is 364 g/mol. The highest BCUT2D eigenvalue weighted by molar-refractivity contribution is 9.10. The van der Waals surface area contributed by atoms with Crippen molar-refractivity contribution in [2.75, 3.05) is 19.6 Å². The summed E-state index contributed by atoms with van der Waals surface area (Å²) < 4.78 is 1.25. The van der Waals surface area contributed by atoms with Gasteiger partial charge in [-0.15, -0.1) is 11.3 Å². The van der Waals surface area contributed by atoms with Crippen molar-refractivity contribution < 1.29 is 0 Å². The molecule has 1 aliphatic rings. The Morgan fingerprint density at radius 1 is 1.24 bits per heavy atom. The van der Waals surface area contributed by atoms with Crippen molar-refractivity contribution in [2.45, 2.75) is 25.4 Å². The summed E-state index contributed by atoms with van der Waals surface area (Å²) in [7, 11) is 0. The van der Waals surface area contributed by atoms with Gasteiger partial charge in [0, 0.05) is 28.5 Å². The van der Waals surface area contributed by atoms with Crippen molar-refractivity contribution in [3.05, 3.63) is 56.7 Å². The van der Waals surface area contributed by atoms with Crippen LogP contribution >= 0.6 is 27.3 Å². The number of halogens is 1. The van der Waals surface area contributed by atoms with E-state index in [0.717, 1.165) is 26.1 Å². The maximum absolute atomic E-state index is 3.70. The lowest BCUT2D eigenvalue weighted by Gasteiger charge is -2.24. The van der Waals surface area contributed by atoms with E-state index >= 15 is 0 Å². The second kappa shape index (κ2) is 7.54. The Morgan fingerprint density at radius 2 is 2.10 bits per heavy atom. The van der Waals surface area contributed by atoms with Crippen molar-refractivity contribution in [3.8, 4) is 0 Å². The van der Waals surface area contributed by atoms with Gasteiger partial charge in [0.2, 0.25) is 0 Å². The molecule has 1 fully saturated rings. The molecule has 4 heteroatoms. The molecule has 2 nitrogen and oxygen atoms in total. The van der Waals surface area contributed by atoms with Crippen molar-refractivity contribution in [2.24, 2.45) is 0 Å². The largest absolute Gasteiger partial charge is 0.312 e. The van der Waals surface area contributed by atoms with E-state index in [0.29, 0.717) is 6.04 Å². The molecule has 1 saturated heterocycles. The molecule has 0 saturated carbocycles. The first kappa shape index (κ1) is 15.2. The summed E-state index contributed by atoms with van der Waals surface area (Å²) in [5.74, 6) is 0. The fourth-order valence-electron chi connectivity index (χ4n) is 2.90. The first-order valence-corrected chi connectivity index (χ1v) is 9.20. The lowest BCUT2D eigenvalue weighted by molar-refractivity contribution is 0.261. The van der Waals surface area contributed by atoms with Crippen molar-refractivity contribution in [1.29, 1.82) is 0 Å². The van der Waals surface area contributed by atoms with E-state index in [2.05, 4.69) is 67.9 Å². The van der Waals surface area contributed by atoms with E-state index in [1.807, 2.05) is 11.3 Å². The number of rotatable bonds is 4. The smallest absolute Gasteiger partial charge is 0.0339 e. The summed E-state index contributed by atoms with van der Waals surface area (Å²) in [5, 5.41) is 5.87. The van der Waals surface area contributed by atoms with Crippen LogP contribution in [0.4, 0.5) is 0 Å². The van der Waals surface area contributed by atoms with E-state index in [-0.39, 0.29) is 0 Å². The summed E-state index contributed by atoms with van der Waals surface area (Å²) in [4.78, 5) is 4.03. The highest BCUT2D eigenvalue weighted by atomic mass is 79.9. The van der Waals surface area contributed by atoms with Gasteiger partial charge in [-0.05, 0) is 58.9 Å². The summed E-state index contributed by atoms with van der Waals surface area (Å²) in [5.41, 5.74) is 1.43. The summed E-state index contributed by atoms with van der Waals surface area (Å²) >= 11 is 5.50. The Balaban J connectivity index is 1.62. The quantitative estimate of drug-likeness (QED) is 0.884. The first-order chi connectivity index (χ1) is 10.3. The van der Waals surface area contributed by atoms with Crippen LogP contribution in [0.1, 0.15) is 16.9 Å². The van der Waals surface area contributed by atoms with Crippen LogP contribution in [-0.4, -0.2) is 30.6 Å². The molecule has 1 unspecified atom stereocenters. The lowest BCUT2D eigenvalue weighted by Crippen LogP contribution is -2.38. The molecular formula is C17H21BrN2S. The number of nitrogens with zero attached hydrogens (tertiary/aromatic N) is 1. The zero-order valence-corrected chi connectivity index (χ0v) is 14.5. The standard InChI is InChI=1S/C17H21BrN2S/c18-16-7-10-21-17(16)13-20-9-4-8-19-15(12-20)11-14-5-2-1-3-6-14/h1-3,5-7,10,15,19H,4,8-9,11-13H2. The lowest BCUT2D eigenvalue weighted by atomic mass is 10.1. The number of thiophene rings is 1. The van der Waals surface area contributed by atoms with Crippen LogP contribution in [0.2, 0.25) is 0 Å². The minimum absolute atomic E-state index is 0.550. The third kappa shape index (κ3) is 4.39. The number of hydrogen-bond donors (Lipinski definition) is 1. The maximum Gasteiger partial charge on any atom is 0.0339 e. The van der Waals surface area contributed by atoms with Crippen LogP contribution in [0.3, 0.4) is 0 Å². The first-order valence-electron chi connectivity index (χ1n) is 7.53. The van der Waals surface area contributed by atoms with Gasteiger partial charge in [0.05, 0.1) is 0 Å². The van der Waals surface area contributed by atoms with Crippen LogP contribution in [0.5, 0.6) is 0 Å². The molecule has 3 rings (SSSR count). The predicted octanol–water partition coefficient (Wildman–Crippen LogP) is 3.92. The molecule has 2 aromatic rings. The second-order valence-electron chi connectivity index (χ2n) is 5.62. The van der Waals surface area contributed by atoms with Crippen LogP contribution in [-0.2, 0) is 13.0 Å². The Labute approximate surface area is 139 Å². The number of hydrogen-bond acceptors (Lipinski definition) is 3. The van der Waals surface area contributed by atoms with Gasteiger partial charge >= 0.3 is 0 Å². The van der Waals surface area contributed by atoms with Crippen molar-refractivity contribution >= 4 is 27.3 Å². The van der Waals surface area contributed by atoms with Gasteiger partial charge in [-0.25, -0.2) is 0 Å². The second-order valence-corrected chi connectivity index (χ2v) is 7.48. The van der Waals surface area contributed by atoms with E-state index in [1.54, 1.807) is 0 Å². The molecular weight excluding hydrogens is 344 g/mol. The fraction of sp³-hybridized carbons (Fsp3) is 0.412. The molecule has 112 valence electrons. The molecule has 1 aromatic carbocycles. The molecule has 1 aromatic heterocycles. The zero-order valence-electron chi connectivity index (χ0n) is 12.1. The number of benzene rings is 1. The van der Waals surface area contributed by atoms with Gasteiger partial charge in [0.15, 0.2) is 0 Å². The summed E-state index contributed by atoms with van der Waals surface area (Å²) in [6, 6.07) is 13.5. The Morgan fingerprint density at radius 3 is 2.86 bits per heavy atom. The van der Waals surface area contributed by atoms with E-state index in [1.165, 1.54) is 27.9 Å². The molecule has 21 heavy (non-hydrogen) atoms. The fourth-order valence-corrected chi connectivity index (χ4v) is 4.42. The van der Waals surface area contributed by atoms with E-state index in [9.17, 15) is 0 Å². The third-order valence-electron chi connectivity index (χ3n) is 3.95. The molecule has 1 aliphatic heterocycles. The molecule has 1 N–H and O–H groups in total. The Bertz CT molecular complexity index is 555. The van der Waals surface area contributed by atoms with Crippen LogP contribution in [0.25, 0.3) is 0 Å². The van der Waals surface area contributed by atoms with Crippen molar-refractivity contribution in [3.63, 3.8) is 0 Å². The van der Waals surface area contributed by atoms with E-state index < -0.39 is 0 Å². The zero-order chi connectivity index (χ0) is 14.5. The molecule has 0 radical (unpaired) electrons. The highest BCUT2D eigenvalue weighted by Gasteiger charge is 2.19. The third-order valence-corrected chi connectivity index (χ3v) is 5.86. The van der Waals surface area contributed by atoms with Crippen LogP contribution < -0.4 is 5.32 Å². The molecule has 2 heterocycles. The minimum Gasteiger partial charge on any atom is -0.312 e. The normalized spacial score (nSPS) is 20.3. The van der Waals surface area contributed by atoms with Crippen LogP contribution in [0, 0.1) is 0 Å². The summed E-state index contributed by atoms with van der Waals surface area (Å²) in [6.45, 7) is 4.49. The maximum atomic E-state index is 3.70. The van der Waals surface area contributed by atoms with Gasteiger partial charge < -0.3 is 5.32 Å². The van der Waals surface area contributed by atoms with Gasteiger partial charge in [0.25, 0.3) is 0 Å². The number of nitrogens with one attached hydrogen (secondary N) is 1.